The summed E-state index contributed by atoms with van der Waals surface area (Å²) in [6.45, 7) is 13.9. The molecule has 0 aromatic heterocycles. The number of hydrogen-bond acceptors (Lipinski definition) is 4. The maximum atomic E-state index is 13.0. The van der Waals surface area contributed by atoms with Gasteiger partial charge in [-0.1, -0.05) is 63.6 Å². The van der Waals surface area contributed by atoms with Gasteiger partial charge in [0.2, 0.25) is 0 Å². The highest BCUT2D eigenvalue weighted by molar-refractivity contribution is 5.88. The number of rotatable bonds is 7. The molecule has 2 rings (SSSR count). The summed E-state index contributed by atoms with van der Waals surface area (Å²) in [6, 6.07) is 9.49. The van der Waals surface area contributed by atoms with Crippen molar-refractivity contribution in [1.29, 1.82) is 0 Å². The van der Waals surface area contributed by atoms with E-state index in [1.54, 1.807) is 13.0 Å². The Hall–Kier alpha value is -2.30. The van der Waals surface area contributed by atoms with Crippen molar-refractivity contribution in [2.24, 2.45) is 17.8 Å². The molecule has 0 heterocycles. The standard InChI is InChI=1S/C27H41NO4/c1-18(2)23-14-13-19(3)15-24(23)31-25(29)20(4)16-22(17-21-11-9-8-10-12-21)28-26(30)32-27(5,6)7/h8-12,16,18-19,22-24H,13-15,17H2,1-7H3,(H,28,30)/b20-16+/t19-,22-,23+,24-/m1/s1. The lowest BCUT2D eigenvalue weighted by Gasteiger charge is -2.36. The molecular formula is C27H41NO4. The molecule has 0 spiro atoms. The molecule has 5 heteroatoms. The van der Waals surface area contributed by atoms with Crippen molar-refractivity contribution < 1.29 is 19.1 Å². The van der Waals surface area contributed by atoms with E-state index in [1.807, 2.05) is 51.1 Å². The van der Waals surface area contributed by atoms with Gasteiger partial charge in [0.1, 0.15) is 11.7 Å². The lowest BCUT2D eigenvalue weighted by molar-refractivity contribution is -0.151. The molecule has 1 N–H and O–H groups in total. The summed E-state index contributed by atoms with van der Waals surface area (Å²) in [5.74, 6) is 1.12. The third-order valence-corrected chi connectivity index (χ3v) is 5.99. The maximum Gasteiger partial charge on any atom is 0.408 e. The molecule has 1 fully saturated rings. The Kier molecular flexibility index (Phi) is 9.35. The van der Waals surface area contributed by atoms with Crippen LogP contribution in [0.5, 0.6) is 0 Å². The first-order chi connectivity index (χ1) is 14.9. The van der Waals surface area contributed by atoms with E-state index >= 15 is 0 Å². The average Bonchev–Trinajstić information content (AvgIpc) is 2.66. The van der Waals surface area contributed by atoms with Crippen molar-refractivity contribution in [3.8, 4) is 0 Å². The third-order valence-electron chi connectivity index (χ3n) is 5.99. The topological polar surface area (TPSA) is 64.6 Å². The molecule has 178 valence electrons. The zero-order valence-electron chi connectivity index (χ0n) is 20.8. The number of carbonyl (C=O) groups is 2. The highest BCUT2D eigenvalue weighted by Gasteiger charge is 2.33. The Morgan fingerprint density at radius 3 is 2.41 bits per heavy atom. The number of esters is 1. The first-order valence-electron chi connectivity index (χ1n) is 11.9. The second-order valence-corrected chi connectivity index (χ2v) is 10.6. The van der Waals surface area contributed by atoms with Crippen LogP contribution < -0.4 is 5.32 Å². The molecular weight excluding hydrogens is 402 g/mol. The van der Waals surface area contributed by atoms with Crippen LogP contribution in [0.2, 0.25) is 0 Å². The van der Waals surface area contributed by atoms with E-state index in [2.05, 4.69) is 26.1 Å². The second-order valence-electron chi connectivity index (χ2n) is 10.6. The van der Waals surface area contributed by atoms with E-state index < -0.39 is 11.7 Å². The number of alkyl carbamates (subject to hydrolysis) is 1. The van der Waals surface area contributed by atoms with Crippen molar-refractivity contribution in [2.75, 3.05) is 0 Å². The average molecular weight is 444 g/mol. The first-order valence-corrected chi connectivity index (χ1v) is 11.9. The van der Waals surface area contributed by atoms with Gasteiger partial charge in [-0.15, -0.1) is 0 Å². The number of hydrogen-bond donors (Lipinski definition) is 1. The molecule has 1 saturated carbocycles. The molecule has 0 bridgehead atoms. The van der Waals surface area contributed by atoms with Crippen LogP contribution in [0.4, 0.5) is 4.79 Å². The molecule has 1 amide bonds. The van der Waals surface area contributed by atoms with Gasteiger partial charge in [0.25, 0.3) is 0 Å². The van der Waals surface area contributed by atoms with Crippen LogP contribution in [-0.4, -0.2) is 29.8 Å². The largest absolute Gasteiger partial charge is 0.459 e. The summed E-state index contributed by atoms with van der Waals surface area (Å²) in [5, 5.41) is 2.90. The SMILES string of the molecule is C/C(=C\[C@H](Cc1ccccc1)NC(=O)OC(C)(C)C)C(=O)O[C@@H]1C[C@H](C)CC[C@H]1C(C)C. The molecule has 4 atom stereocenters. The van der Waals surface area contributed by atoms with E-state index in [4.69, 9.17) is 9.47 Å². The summed E-state index contributed by atoms with van der Waals surface area (Å²) >= 11 is 0. The minimum atomic E-state index is -0.595. The fourth-order valence-electron chi connectivity index (χ4n) is 4.33. The van der Waals surface area contributed by atoms with E-state index in [1.165, 1.54) is 6.42 Å². The van der Waals surface area contributed by atoms with Gasteiger partial charge in [-0.3, -0.25) is 0 Å². The molecule has 1 aromatic carbocycles. The molecule has 32 heavy (non-hydrogen) atoms. The van der Waals surface area contributed by atoms with Gasteiger partial charge in [-0.05, 0) is 70.3 Å². The number of benzene rings is 1. The van der Waals surface area contributed by atoms with Gasteiger partial charge in [-0.2, -0.15) is 0 Å². The fraction of sp³-hybridized carbons (Fsp3) is 0.630. The highest BCUT2D eigenvalue weighted by atomic mass is 16.6. The van der Waals surface area contributed by atoms with Crippen molar-refractivity contribution in [3.63, 3.8) is 0 Å². The predicted molar refractivity (Wildman–Crippen MR) is 128 cm³/mol. The number of nitrogens with one attached hydrogen (secondary N) is 1. The van der Waals surface area contributed by atoms with E-state index in [9.17, 15) is 9.59 Å². The minimum absolute atomic E-state index is 0.0546. The van der Waals surface area contributed by atoms with E-state index in [0.717, 1.165) is 18.4 Å². The first kappa shape index (κ1) is 26.0. The lowest BCUT2D eigenvalue weighted by atomic mass is 9.75. The van der Waals surface area contributed by atoms with Gasteiger partial charge in [0.15, 0.2) is 0 Å². The Labute approximate surface area is 193 Å². The smallest absolute Gasteiger partial charge is 0.408 e. The second kappa shape index (κ2) is 11.5. The zero-order valence-corrected chi connectivity index (χ0v) is 20.8. The molecule has 0 aliphatic heterocycles. The summed E-state index contributed by atoms with van der Waals surface area (Å²) in [5.41, 5.74) is 0.970. The Balaban J connectivity index is 2.13. The molecule has 1 aliphatic carbocycles. The molecule has 0 saturated heterocycles. The zero-order chi connectivity index (χ0) is 23.9. The Morgan fingerprint density at radius 2 is 1.81 bits per heavy atom. The fourth-order valence-corrected chi connectivity index (χ4v) is 4.33. The Bertz CT molecular complexity index is 779. The monoisotopic (exact) mass is 443 g/mol. The summed E-state index contributed by atoms with van der Waals surface area (Å²) in [7, 11) is 0. The molecule has 0 radical (unpaired) electrons. The van der Waals surface area contributed by atoms with E-state index in [0.29, 0.717) is 29.7 Å². The number of amides is 1. The lowest BCUT2D eigenvalue weighted by Crippen LogP contribution is -2.40. The summed E-state index contributed by atoms with van der Waals surface area (Å²) in [4.78, 5) is 25.4. The van der Waals surface area contributed by atoms with Crippen LogP contribution in [0, 0.1) is 17.8 Å². The molecule has 0 unspecified atom stereocenters. The van der Waals surface area contributed by atoms with Crippen LogP contribution >= 0.6 is 0 Å². The van der Waals surface area contributed by atoms with E-state index in [-0.39, 0.29) is 18.1 Å². The van der Waals surface area contributed by atoms with Crippen molar-refractivity contribution in [3.05, 3.63) is 47.5 Å². The highest BCUT2D eigenvalue weighted by Crippen LogP contribution is 2.35. The van der Waals surface area contributed by atoms with Crippen molar-refractivity contribution >= 4 is 12.1 Å². The Morgan fingerprint density at radius 1 is 1.16 bits per heavy atom. The van der Waals surface area contributed by atoms with Gasteiger partial charge in [0, 0.05) is 5.57 Å². The molecule has 1 aromatic rings. The van der Waals surface area contributed by atoms with Crippen LogP contribution in [0.3, 0.4) is 0 Å². The van der Waals surface area contributed by atoms with Gasteiger partial charge in [0.05, 0.1) is 6.04 Å². The van der Waals surface area contributed by atoms with Crippen LogP contribution in [0.1, 0.15) is 73.3 Å². The van der Waals surface area contributed by atoms with Gasteiger partial charge >= 0.3 is 12.1 Å². The van der Waals surface area contributed by atoms with Crippen LogP contribution in [-0.2, 0) is 20.7 Å². The number of ether oxygens (including phenoxy) is 2. The summed E-state index contributed by atoms with van der Waals surface area (Å²) < 4.78 is 11.4. The molecule has 5 nitrogen and oxygen atoms in total. The van der Waals surface area contributed by atoms with Gasteiger partial charge < -0.3 is 14.8 Å². The predicted octanol–water partition coefficient (Wildman–Crippen LogP) is 6.07. The quantitative estimate of drug-likeness (QED) is 0.410. The van der Waals surface area contributed by atoms with Crippen LogP contribution in [0.15, 0.2) is 42.0 Å². The van der Waals surface area contributed by atoms with Crippen LogP contribution in [0.25, 0.3) is 0 Å². The number of carbonyl (C=O) groups excluding carboxylic acids is 2. The minimum Gasteiger partial charge on any atom is -0.459 e. The maximum absolute atomic E-state index is 13.0. The normalized spacial score (nSPS) is 22.9. The molecule has 1 aliphatic rings. The van der Waals surface area contributed by atoms with Crippen molar-refractivity contribution in [2.45, 2.75) is 91.9 Å². The van der Waals surface area contributed by atoms with Gasteiger partial charge in [-0.25, -0.2) is 9.59 Å². The van der Waals surface area contributed by atoms with Crippen molar-refractivity contribution in [1.82, 2.24) is 5.32 Å². The third kappa shape index (κ3) is 8.68. The summed E-state index contributed by atoms with van der Waals surface area (Å²) in [6.07, 6.45) is 4.97.